The van der Waals surface area contributed by atoms with Crippen LogP contribution in [0.15, 0.2) is 51.9 Å². The maximum Gasteiger partial charge on any atom is 0.406 e. The number of hydrogen-bond acceptors (Lipinski definition) is 8. The van der Waals surface area contributed by atoms with Crippen LogP contribution in [-0.4, -0.2) is 45.1 Å². The molecule has 4 rings (SSSR count). The molecule has 1 N–H and O–H groups in total. The number of aryl methyl sites for hydroxylation is 1. The van der Waals surface area contributed by atoms with Crippen LogP contribution in [-0.2, 0) is 13.1 Å². The highest BCUT2D eigenvalue weighted by Crippen LogP contribution is 2.32. The van der Waals surface area contributed by atoms with Crippen molar-refractivity contribution in [2.24, 2.45) is 0 Å². The second-order valence-electron chi connectivity index (χ2n) is 7.67. The molecule has 0 atom stereocenters. The second-order valence-corrected chi connectivity index (χ2v) is 7.67. The van der Waals surface area contributed by atoms with E-state index in [1.807, 2.05) is 25.2 Å². The maximum atomic E-state index is 12.8. The summed E-state index contributed by atoms with van der Waals surface area (Å²) in [5.74, 6) is 0.839. The van der Waals surface area contributed by atoms with Gasteiger partial charge in [-0.1, -0.05) is 6.07 Å². The van der Waals surface area contributed by atoms with Crippen molar-refractivity contribution < 1.29 is 25.2 Å². The Balaban J connectivity index is 0.00000241. The van der Waals surface area contributed by atoms with E-state index in [1.54, 1.807) is 6.92 Å². The summed E-state index contributed by atoms with van der Waals surface area (Å²) in [5.41, 5.74) is 2.09. The Morgan fingerprint density at radius 2 is 1.94 bits per heavy atom. The molecule has 0 amide bonds. The Labute approximate surface area is 200 Å². The van der Waals surface area contributed by atoms with E-state index < -0.39 is 18.3 Å². The van der Waals surface area contributed by atoms with Crippen LogP contribution < -0.4 is 15.6 Å². The van der Waals surface area contributed by atoms with Crippen molar-refractivity contribution in [1.82, 2.24) is 30.0 Å². The standard InChI is InChI=1S/C23H21F3N6O3.2H2/c1-13-20(22-31-30-21(35-22)16-6-4-14(9-27-2)8-18(16)34-3)29-17(10-28-13)15-5-7-19(33)32(11-15)12-23(24,25)26;;/h4-8,10-11,27H,9,12H2,1-3H3;2*1H. The molecule has 0 aliphatic carbocycles. The van der Waals surface area contributed by atoms with Crippen LogP contribution in [0, 0.1) is 6.92 Å². The number of aromatic nitrogens is 5. The van der Waals surface area contributed by atoms with Crippen LogP contribution in [0.5, 0.6) is 5.75 Å². The fourth-order valence-electron chi connectivity index (χ4n) is 3.44. The summed E-state index contributed by atoms with van der Waals surface area (Å²) in [6, 6.07) is 8.00. The summed E-state index contributed by atoms with van der Waals surface area (Å²) in [7, 11) is 3.38. The first-order chi connectivity index (χ1) is 16.7. The number of nitrogens with zero attached hydrogens (tertiary/aromatic N) is 5. The van der Waals surface area contributed by atoms with Gasteiger partial charge < -0.3 is 19.0 Å². The number of hydrogen-bond donors (Lipinski definition) is 1. The predicted octanol–water partition coefficient (Wildman–Crippen LogP) is 4.11. The number of ether oxygens (including phenoxy) is 1. The van der Waals surface area contributed by atoms with Crippen molar-refractivity contribution in [3.63, 3.8) is 0 Å². The molecule has 35 heavy (non-hydrogen) atoms. The largest absolute Gasteiger partial charge is 0.496 e. The zero-order valence-corrected chi connectivity index (χ0v) is 19.1. The summed E-state index contributed by atoms with van der Waals surface area (Å²) in [6.45, 7) is 0.936. The van der Waals surface area contributed by atoms with Crippen molar-refractivity contribution in [3.8, 4) is 40.0 Å². The van der Waals surface area contributed by atoms with Gasteiger partial charge in [0.15, 0.2) is 0 Å². The maximum absolute atomic E-state index is 12.8. The lowest BCUT2D eigenvalue weighted by molar-refractivity contribution is -0.141. The number of alkyl halides is 3. The Morgan fingerprint density at radius 1 is 1.17 bits per heavy atom. The second kappa shape index (κ2) is 9.66. The molecule has 1 aromatic carbocycles. The third kappa shape index (κ3) is 5.38. The van der Waals surface area contributed by atoms with Crippen LogP contribution in [0.4, 0.5) is 13.2 Å². The van der Waals surface area contributed by atoms with Crippen LogP contribution in [0.3, 0.4) is 0 Å². The van der Waals surface area contributed by atoms with E-state index in [9.17, 15) is 18.0 Å². The third-order valence-electron chi connectivity index (χ3n) is 5.09. The van der Waals surface area contributed by atoms with Gasteiger partial charge in [0, 0.05) is 27.2 Å². The van der Waals surface area contributed by atoms with Gasteiger partial charge in [0.2, 0.25) is 0 Å². The Bertz CT molecular complexity index is 1430. The van der Waals surface area contributed by atoms with Crippen LogP contribution in [0.1, 0.15) is 14.1 Å². The SMILES string of the molecule is CNCc1ccc(-c2nnc(-c3nc(-c4ccc(=O)n(CC(F)(F)F)c4)cnc3C)o2)c(OC)c1.[HH].[HH]. The Hall–Kier alpha value is -4.06. The van der Waals surface area contributed by atoms with Gasteiger partial charge in [0.1, 0.15) is 18.0 Å². The minimum absolute atomic E-state index is 0. The van der Waals surface area contributed by atoms with Gasteiger partial charge in [0.25, 0.3) is 17.3 Å². The van der Waals surface area contributed by atoms with E-state index in [1.165, 1.54) is 19.4 Å². The van der Waals surface area contributed by atoms with Gasteiger partial charge in [-0.25, -0.2) is 4.98 Å². The molecule has 12 heteroatoms. The molecule has 0 fully saturated rings. The van der Waals surface area contributed by atoms with Crippen LogP contribution in [0.25, 0.3) is 34.3 Å². The average Bonchev–Trinajstić information content (AvgIpc) is 3.30. The molecule has 0 aliphatic heterocycles. The molecular weight excluding hydrogens is 465 g/mol. The molecule has 0 radical (unpaired) electrons. The number of pyridine rings is 1. The van der Waals surface area contributed by atoms with Crippen LogP contribution >= 0.6 is 0 Å². The lowest BCUT2D eigenvalue weighted by atomic mass is 10.1. The van der Waals surface area contributed by atoms with Gasteiger partial charge in [-0.05, 0) is 37.7 Å². The predicted molar refractivity (Wildman–Crippen MR) is 125 cm³/mol. The molecule has 0 spiro atoms. The van der Waals surface area contributed by atoms with Gasteiger partial charge in [0.05, 0.1) is 30.3 Å². The summed E-state index contributed by atoms with van der Waals surface area (Å²) < 4.78 is 50.4. The van der Waals surface area contributed by atoms with E-state index in [2.05, 4.69) is 25.5 Å². The van der Waals surface area contributed by atoms with E-state index >= 15 is 0 Å². The molecule has 9 nitrogen and oxygen atoms in total. The molecular formula is C23H25F3N6O3. The minimum atomic E-state index is -4.54. The van der Waals surface area contributed by atoms with Gasteiger partial charge in [-0.3, -0.25) is 9.78 Å². The van der Waals surface area contributed by atoms with Crippen LogP contribution in [0.2, 0.25) is 0 Å². The number of methoxy groups -OCH3 is 1. The van der Waals surface area contributed by atoms with Crippen molar-refractivity contribution in [3.05, 3.63) is 64.3 Å². The number of benzene rings is 1. The molecule has 186 valence electrons. The first kappa shape index (κ1) is 24.1. The highest BCUT2D eigenvalue weighted by molar-refractivity contribution is 5.66. The van der Waals surface area contributed by atoms with Crippen molar-refractivity contribution in [2.45, 2.75) is 26.2 Å². The number of nitrogens with one attached hydrogen (secondary N) is 1. The lowest BCUT2D eigenvalue weighted by Gasteiger charge is -2.11. The first-order valence-corrected chi connectivity index (χ1v) is 10.5. The fraction of sp³-hybridized carbons (Fsp3) is 0.261. The van der Waals surface area contributed by atoms with E-state index in [4.69, 9.17) is 9.15 Å². The summed E-state index contributed by atoms with van der Waals surface area (Å²) >= 11 is 0. The zero-order chi connectivity index (χ0) is 25.2. The Morgan fingerprint density at radius 3 is 2.66 bits per heavy atom. The zero-order valence-electron chi connectivity index (χ0n) is 19.1. The monoisotopic (exact) mass is 490 g/mol. The van der Waals surface area contributed by atoms with E-state index in [0.717, 1.165) is 17.8 Å². The molecule has 0 bridgehead atoms. The minimum Gasteiger partial charge on any atom is -0.496 e. The molecule has 3 aromatic heterocycles. The molecule has 0 saturated carbocycles. The molecule has 0 unspecified atom stereocenters. The van der Waals surface area contributed by atoms with E-state index in [0.29, 0.717) is 28.1 Å². The highest BCUT2D eigenvalue weighted by Gasteiger charge is 2.28. The smallest absolute Gasteiger partial charge is 0.406 e. The van der Waals surface area contributed by atoms with Gasteiger partial charge in [-0.2, -0.15) is 13.2 Å². The third-order valence-corrected chi connectivity index (χ3v) is 5.09. The summed E-state index contributed by atoms with van der Waals surface area (Å²) in [5, 5.41) is 11.3. The topological polar surface area (TPSA) is 108 Å². The quantitative estimate of drug-likeness (QED) is 0.412. The molecule has 0 saturated heterocycles. The highest BCUT2D eigenvalue weighted by atomic mass is 19.4. The first-order valence-electron chi connectivity index (χ1n) is 10.5. The summed E-state index contributed by atoms with van der Waals surface area (Å²) in [4.78, 5) is 20.6. The fourth-order valence-corrected chi connectivity index (χ4v) is 3.44. The van der Waals surface area contributed by atoms with Crippen molar-refractivity contribution in [1.29, 1.82) is 0 Å². The summed E-state index contributed by atoms with van der Waals surface area (Å²) in [6.07, 6.45) is -2.05. The Kier molecular flexibility index (Phi) is 6.65. The molecule has 4 aromatic rings. The van der Waals surface area contributed by atoms with Crippen molar-refractivity contribution >= 4 is 0 Å². The van der Waals surface area contributed by atoms with E-state index in [-0.39, 0.29) is 31.6 Å². The average molecular weight is 490 g/mol. The van der Waals surface area contributed by atoms with Gasteiger partial charge >= 0.3 is 6.18 Å². The number of halogens is 3. The van der Waals surface area contributed by atoms with Crippen molar-refractivity contribution in [2.75, 3.05) is 14.2 Å². The number of rotatable bonds is 7. The molecule has 0 aliphatic rings. The van der Waals surface area contributed by atoms with Gasteiger partial charge in [-0.15, -0.1) is 10.2 Å². The normalized spacial score (nSPS) is 11.6. The molecule has 3 heterocycles. The lowest BCUT2D eigenvalue weighted by Crippen LogP contribution is -2.27.